The Balaban J connectivity index is 2.50. The van der Waals surface area contributed by atoms with E-state index in [1.165, 1.54) is 0 Å². The number of pyridine rings is 1. The summed E-state index contributed by atoms with van der Waals surface area (Å²) in [7, 11) is 0. The summed E-state index contributed by atoms with van der Waals surface area (Å²) in [4.78, 5) is 4.01. The minimum atomic E-state index is 0.434. The third-order valence-electron chi connectivity index (χ3n) is 1.99. The van der Waals surface area contributed by atoms with Crippen LogP contribution >= 0.6 is 35.0 Å². The highest BCUT2D eigenvalue weighted by atomic mass is 35.5. The molecule has 0 aliphatic heterocycles. The van der Waals surface area contributed by atoms with Crippen LogP contribution in [0.4, 0.5) is 0 Å². The maximum atomic E-state index is 6.03. The molecule has 0 spiro atoms. The van der Waals surface area contributed by atoms with E-state index in [0.29, 0.717) is 15.4 Å². The van der Waals surface area contributed by atoms with Gasteiger partial charge in [-0.05, 0) is 24.6 Å². The molecule has 1 heterocycles. The smallest absolute Gasteiger partial charge is 0.130 e. The van der Waals surface area contributed by atoms with Crippen molar-refractivity contribution in [1.82, 2.24) is 4.98 Å². The van der Waals surface area contributed by atoms with E-state index in [9.17, 15) is 0 Å². The topological polar surface area (TPSA) is 38.9 Å². The van der Waals surface area contributed by atoms with Crippen LogP contribution in [0.5, 0.6) is 0 Å². The predicted octanol–water partition coefficient (Wildman–Crippen LogP) is 3.36. The van der Waals surface area contributed by atoms with Crippen molar-refractivity contribution in [3.63, 3.8) is 0 Å². The lowest BCUT2D eigenvalue weighted by Gasteiger charge is -2.10. The zero-order valence-electron chi connectivity index (χ0n) is 8.54. The van der Waals surface area contributed by atoms with E-state index in [4.69, 9.17) is 28.9 Å². The first-order valence-corrected chi connectivity index (χ1v) is 6.55. The lowest BCUT2D eigenvalue weighted by molar-refractivity contribution is 0.823. The molecule has 0 aliphatic carbocycles. The third-order valence-corrected chi connectivity index (χ3v) is 3.83. The highest BCUT2D eigenvalue weighted by Crippen LogP contribution is 2.25. The summed E-state index contributed by atoms with van der Waals surface area (Å²) < 4.78 is 0. The number of aromatic nitrogens is 1. The maximum absolute atomic E-state index is 6.03. The Morgan fingerprint density at radius 2 is 2.27 bits per heavy atom. The van der Waals surface area contributed by atoms with E-state index < -0.39 is 0 Å². The Hall–Kier alpha value is 0.0400. The van der Waals surface area contributed by atoms with Gasteiger partial charge in [0.1, 0.15) is 5.15 Å². The number of rotatable bonds is 5. The van der Waals surface area contributed by atoms with Gasteiger partial charge in [0, 0.05) is 22.2 Å². The summed E-state index contributed by atoms with van der Waals surface area (Å²) in [6.07, 6.45) is 2.75. The van der Waals surface area contributed by atoms with Gasteiger partial charge in [0.15, 0.2) is 0 Å². The number of hydrogen-bond donors (Lipinski definition) is 1. The number of halogens is 2. The van der Waals surface area contributed by atoms with Crippen molar-refractivity contribution >= 4 is 35.0 Å². The van der Waals surface area contributed by atoms with Crippen LogP contribution in [0, 0.1) is 0 Å². The van der Waals surface area contributed by atoms with Crippen LogP contribution in [0.3, 0.4) is 0 Å². The Bertz CT molecular complexity index is 320. The fourth-order valence-electron chi connectivity index (χ4n) is 1.09. The molecular weight excluding hydrogens is 251 g/mol. The lowest BCUT2D eigenvalue weighted by Crippen LogP contribution is -2.07. The van der Waals surface area contributed by atoms with Crippen molar-refractivity contribution in [1.29, 1.82) is 0 Å². The Morgan fingerprint density at radius 1 is 1.53 bits per heavy atom. The monoisotopic (exact) mass is 264 g/mol. The summed E-state index contributed by atoms with van der Waals surface area (Å²) in [5, 5.41) is 1.66. The molecule has 2 nitrogen and oxygen atoms in total. The van der Waals surface area contributed by atoms with E-state index in [1.807, 2.05) is 11.8 Å². The Labute approximate surface area is 105 Å². The second-order valence-corrected chi connectivity index (χ2v) is 5.52. The van der Waals surface area contributed by atoms with Crippen LogP contribution in [-0.2, 0) is 5.75 Å². The van der Waals surface area contributed by atoms with Crippen LogP contribution < -0.4 is 5.73 Å². The fourth-order valence-corrected chi connectivity index (χ4v) is 2.60. The fraction of sp³-hybridized carbons (Fsp3) is 0.500. The van der Waals surface area contributed by atoms with Gasteiger partial charge in [-0.1, -0.05) is 30.1 Å². The van der Waals surface area contributed by atoms with Crippen molar-refractivity contribution in [2.24, 2.45) is 5.73 Å². The largest absolute Gasteiger partial charge is 0.330 e. The molecule has 1 atom stereocenters. The molecule has 0 radical (unpaired) electrons. The second-order valence-electron chi connectivity index (χ2n) is 3.30. The minimum Gasteiger partial charge on any atom is -0.330 e. The van der Waals surface area contributed by atoms with Crippen LogP contribution in [0.15, 0.2) is 12.3 Å². The van der Waals surface area contributed by atoms with Crippen molar-refractivity contribution in [2.75, 3.05) is 6.54 Å². The van der Waals surface area contributed by atoms with E-state index in [-0.39, 0.29) is 0 Å². The molecule has 0 amide bonds. The number of thioether (sulfide) groups is 1. The van der Waals surface area contributed by atoms with Crippen LogP contribution in [0.1, 0.15) is 18.9 Å². The standard InChI is InChI=1S/C10H14Cl2N2S/c1-7(2-3-13)15-6-8-5-14-10(12)4-9(8)11/h4-5,7H,2-3,6,13H2,1H3. The molecule has 1 aromatic rings. The van der Waals surface area contributed by atoms with Crippen molar-refractivity contribution in [3.05, 3.63) is 28.0 Å². The Kier molecular flexibility index (Phi) is 5.75. The summed E-state index contributed by atoms with van der Waals surface area (Å²) >= 11 is 13.6. The zero-order chi connectivity index (χ0) is 11.3. The van der Waals surface area contributed by atoms with Crippen LogP contribution in [0.25, 0.3) is 0 Å². The van der Waals surface area contributed by atoms with E-state index in [1.54, 1.807) is 12.3 Å². The maximum Gasteiger partial charge on any atom is 0.130 e. The van der Waals surface area contributed by atoms with Gasteiger partial charge in [-0.3, -0.25) is 0 Å². The van der Waals surface area contributed by atoms with Crippen LogP contribution in [0.2, 0.25) is 10.2 Å². The van der Waals surface area contributed by atoms with Gasteiger partial charge in [-0.2, -0.15) is 11.8 Å². The van der Waals surface area contributed by atoms with Gasteiger partial charge in [-0.25, -0.2) is 4.98 Å². The first-order chi connectivity index (χ1) is 7.13. The molecule has 1 rings (SSSR count). The molecular formula is C10H14Cl2N2S. The first-order valence-electron chi connectivity index (χ1n) is 4.75. The van der Waals surface area contributed by atoms with Gasteiger partial charge in [0.2, 0.25) is 0 Å². The average Bonchev–Trinajstić information content (AvgIpc) is 2.17. The predicted molar refractivity (Wildman–Crippen MR) is 68.7 cm³/mol. The van der Waals surface area contributed by atoms with E-state index in [2.05, 4.69) is 11.9 Å². The van der Waals surface area contributed by atoms with Gasteiger partial charge < -0.3 is 5.73 Å². The zero-order valence-corrected chi connectivity index (χ0v) is 10.9. The van der Waals surface area contributed by atoms with Crippen LogP contribution in [-0.4, -0.2) is 16.8 Å². The van der Waals surface area contributed by atoms with Gasteiger partial charge in [0.25, 0.3) is 0 Å². The quantitative estimate of drug-likeness (QED) is 0.830. The second kappa shape index (κ2) is 6.59. The van der Waals surface area contributed by atoms with Gasteiger partial charge in [-0.15, -0.1) is 0 Å². The number of nitrogens with zero attached hydrogens (tertiary/aromatic N) is 1. The molecule has 0 bridgehead atoms. The molecule has 5 heteroatoms. The summed E-state index contributed by atoms with van der Waals surface area (Å²) in [5.74, 6) is 0.851. The molecule has 1 aromatic heterocycles. The van der Waals surface area contributed by atoms with E-state index >= 15 is 0 Å². The normalized spacial score (nSPS) is 12.8. The number of nitrogens with two attached hydrogens (primary N) is 1. The summed E-state index contributed by atoms with van der Waals surface area (Å²) in [6, 6.07) is 1.67. The molecule has 84 valence electrons. The SMILES string of the molecule is CC(CCN)SCc1cnc(Cl)cc1Cl. The Morgan fingerprint density at radius 3 is 2.87 bits per heavy atom. The highest BCUT2D eigenvalue weighted by Gasteiger charge is 2.06. The van der Waals surface area contributed by atoms with E-state index in [0.717, 1.165) is 24.3 Å². The molecule has 0 saturated heterocycles. The van der Waals surface area contributed by atoms with Gasteiger partial charge in [0.05, 0.1) is 0 Å². The molecule has 15 heavy (non-hydrogen) atoms. The minimum absolute atomic E-state index is 0.434. The van der Waals surface area contributed by atoms with Gasteiger partial charge >= 0.3 is 0 Å². The molecule has 0 fully saturated rings. The molecule has 0 aliphatic rings. The molecule has 1 unspecified atom stereocenters. The number of hydrogen-bond acceptors (Lipinski definition) is 3. The first kappa shape index (κ1) is 13.1. The average molecular weight is 265 g/mol. The summed E-state index contributed by atoms with van der Waals surface area (Å²) in [6.45, 7) is 2.88. The third kappa shape index (κ3) is 4.60. The molecule has 2 N–H and O–H groups in total. The van der Waals surface area contributed by atoms with Crippen molar-refractivity contribution in [2.45, 2.75) is 24.3 Å². The lowest BCUT2D eigenvalue weighted by atomic mass is 10.3. The highest BCUT2D eigenvalue weighted by molar-refractivity contribution is 7.99. The molecule has 0 aromatic carbocycles. The van der Waals surface area contributed by atoms with Crippen molar-refractivity contribution in [3.8, 4) is 0 Å². The molecule has 0 saturated carbocycles. The summed E-state index contributed by atoms with van der Waals surface area (Å²) in [5.41, 5.74) is 6.50. The van der Waals surface area contributed by atoms with Crippen molar-refractivity contribution < 1.29 is 0 Å².